The first-order valence-electron chi connectivity index (χ1n) is 9.30. The van der Waals surface area contributed by atoms with Gasteiger partial charge in [0, 0.05) is 6.42 Å². The van der Waals surface area contributed by atoms with E-state index in [-0.39, 0.29) is 18.1 Å². The van der Waals surface area contributed by atoms with E-state index in [9.17, 15) is 19.8 Å². The number of rotatable bonds is 6. The highest BCUT2D eigenvalue weighted by molar-refractivity contribution is 5.92. The van der Waals surface area contributed by atoms with Crippen LogP contribution in [0, 0.1) is 6.92 Å². The zero-order valence-corrected chi connectivity index (χ0v) is 15.4. The normalized spacial score (nSPS) is 16.6. The maximum atomic E-state index is 13.2. The number of carbonyl (C=O) groups is 2. The van der Waals surface area contributed by atoms with E-state index >= 15 is 0 Å². The van der Waals surface area contributed by atoms with Crippen molar-refractivity contribution in [2.24, 2.45) is 0 Å². The Morgan fingerprint density at radius 2 is 1.78 bits per heavy atom. The first-order valence-corrected chi connectivity index (χ1v) is 9.30. The molecule has 1 aliphatic carbocycles. The summed E-state index contributed by atoms with van der Waals surface area (Å²) < 4.78 is 0. The minimum Gasteiger partial charge on any atom is -0.508 e. The minimum atomic E-state index is -1.06. The molecule has 5 nitrogen and oxygen atoms in total. The number of hydrogen-bond donors (Lipinski definition) is 3. The van der Waals surface area contributed by atoms with Gasteiger partial charge in [0.25, 0.3) is 0 Å². The predicted molar refractivity (Wildman–Crippen MR) is 103 cm³/mol. The molecular weight excluding hydrogens is 342 g/mol. The van der Waals surface area contributed by atoms with Crippen molar-refractivity contribution in [2.75, 3.05) is 0 Å². The van der Waals surface area contributed by atoms with E-state index in [2.05, 4.69) is 5.32 Å². The maximum Gasteiger partial charge on any atom is 0.326 e. The fraction of sp³-hybridized carbons (Fsp3) is 0.364. The van der Waals surface area contributed by atoms with Crippen LogP contribution in [0.2, 0.25) is 0 Å². The highest BCUT2D eigenvalue weighted by Gasteiger charge is 2.43. The summed E-state index contributed by atoms with van der Waals surface area (Å²) in [6.07, 6.45) is 3.55. The number of aryl methyl sites for hydroxylation is 1. The Kier molecular flexibility index (Phi) is 5.49. The average Bonchev–Trinajstić information content (AvgIpc) is 3.15. The van der Waals surface area contributed by atoms with Crippen LogP contribution < -0.4 is 5.32 Å². The van der Waals surface area contributed by atoms with Gasteiger partial charge in [0.2, 0.25) is 5.91 Å². The summed E-state index contributed by atoms with van der Waals surface area (Å²) in [6.45, 7) is 1.82. The second-order valence-electron chi connectivity index (χ2n) is 7.33. The number of benzene rings is 2. The zero-order valence-electron chi connectivity index (χ0n) is 15.4. The zero-order chi connectivity index (χ0) is 19.4. The van der Waals surface area contributed by atoms with Crippen LogP contribution in [0.5, 0.6) is 5.75 Å². The van der Waals surface area contributed by atoms with Crippen molar-refractivity contribution in [3.63, 3.8) is 0 Å². The van der Waals surface area contributed by atoms with Gasteiger partial charge in [-0.2, -0.15) is 0 Å². The lowest BCUT2D eigenvalue weighted by Gasteiger charge is -2.30. The van der Waals surface area contributed by atoms with Gasteiger partial charge in [0.05, 0.1) is 5.41 Å². The van der Waals surface area contributed by atoms with Crippen LogP contribution >= 0.6 is 0 Å². The molecule has 0 aliphatic heterocycles. The molecule has 0 unspecified atom stereocenters. The van der Waals surface area contributed by atoms with Gasteiger partial charge >= 0.3 is 5.97 Å². The summed E-state index contributed by atoms with van der Waals surface area (Å²) in [5.74, 6) is -1.13. The fourth-order valence-electron chi connectivity index (χ4n) is 4.01. The van der Waals surface area contributed by atoms with Crippen LogP contribution in [0.4, 0.5) is 0 Å². The van der Waals surface area contributed by atoms with Crippen molar-refractivity contribution < 1.29 is 19.8 Å². The summed E-state index contributed by atoms with van der Waals surface area (Å²) in [5.41, 5.74) is 1.89. The molecule has 0 heterocycles. The molecule has 1 aliphatic rings. The quantitative estimate of drug-likeness (QED) is 0.731. The maximum absolute atomic E-state index is 13.2. The molecule has 0 saturated heterocycles. The standard InChI is InChI=1S/C22H25NO4/c1-15-13-18(24)10-9-16(15)14-19(20(25)26)23-21(27)22(11-5-6-12-22)17-7-3-2-4-8-17/h2-4,7-10,13,19,24H,5-6,11-12,14H2,1H3,(H,23,27)(H,25,26)/t19-/m0/s1. The molecule has 3 rings (SSSR count). The molecule has 3 N–H and O–H groups in total. The SMILES string of the molecule is Cc1cc(O)ccc1C[C@H](NC(=O)C1(c2ccccc2)CCCC1)C(=O)O. The third-order valence-electron chi connectivity index (χ3n) is 5.57. The fourth-order valence-corrected chi connectivity index (χ4v) is 4.01. The Balaban J connectivity index is 1.83. The summed E-state index contributed by atoms with van der Waals surface area (Å²) in [7, 11) is 0. The van der Waals surface area contributed by atoms with Crippen molar-refractivity contribution in [1.82, 2.24) is 5.32 Å². The molecule has 0 spiro atoms. The summed E-state index contributed by atoms with van der Waals surface area (Å²) in [6, 6.07) is 13.5. The third-order valence-corrected chi connectivity index (χ3v) is 5.57. The van der Waals surface area contributed by atoms with Gasteiger partial charge in [-0.3, -0.25) is 4.79 Å². The van der Waals surface area contributed by atoms with E-state index in [1.165, 1.54) is 6.07 Å². The van der Waals surface area contributed by atoms with E-state index in [1.54, 1.807) is 12.1 Å². The molecule has 1 amide bonds. The van der Waals surface area contributed by atoms with Crippen molar-refractivity contribution in [3.05, 3.63) is 65.2 Å². The number of carboxylic acids is 1. The summed E-state index contributed by atoms with van der Waals surface area (Å²) in [4.78, 5) is 25.0. The number of carboxylic acid groups (broad SMARTS) is 1. The lowest BCUT2D eigenvalue weighted by molar-refractivity contribution is -0.142. The van der Waals surface area contributed by atoms with Crippen molar-refractivity contribution in [3.8, 4) is 5.75 Å². The lowest BCUT2D eigenvalue weighted by Crippen LogP contribution is -2.50. The number of aliphatic carboxylic acids is 1. The molecule has 5 heteroatoms. The van der Waals surface area contributed by atoms with Crippen molar-refractivity contribution in [1.29, 1.82) is 0 Å². The first-order chi connectivity index (χ1) is 12.9. The monoisotopic (exact) mass is 367 g/mol. The van der Waals surface area contributed by atoms with Gasteiger partial charge in [0.15, 0.2) is 0 Å². The largest absolute Gasteiger partial charge is 0.508 e. The molecule has 0 aromatic heterocycles. The second-order valence-corrected chi connectivity index (χ2v) is 7.33. The Bertz CT molecular complexity index is 825. The molecule has 0 radical (unpaired) electrons. The van der Waals surface area contributed by atoms with Gasteiger partial charge < -0.3 is 15.5 Å². The van der Waals surface area contributed by atoms with Gasteiger partial charge in [-0.05, 0) is 48.6 Å². The third kappa shape index (κ3) is 3.97. The van der Waals surface area contributed by atoms with Crippen LogP contribution in [0.1, 0.15) is 42.4 Å². The molecule has 2 aromatic carbocycles. The summed E-state index contributed by atoms with van der Waals surface area (Å²) >= 11 is 0. The lowest BCUT2D eigenvalue weighted by atomic mass is 9.77. The molecule has 142 valence electrons. The highest BCUT2D eigenvalue weighted by atomic mass is 16.4. The number of hydrogen-bond acceptors (Lipinski definition) is 3. The van der Waals surface area contributed by atoms with E-state index in [0.717, 1.165) is 42.4 Å². The number of carbonyl (C=O) groups excluding carboxylic acids is 1. The molecule has 2 aromatic rings. The predicted octanol–water partition coefficient (Wildman–Crippen LogP) is 3.32. The Labute approximate surface area is 159 Å². The molecule has 0 bridgehead atoms. The van der Waals surface area contributed by atoms with Crippen molar-refractivity contribution >= 4 is 11.9 Å². The van der Waals surface area contributed by atoms with Crippen LogP contribution in [0.3, 0.4) is 0 Å². The van der Waals surface area contributed by atoms with E-state index in [0.29, 0.717) is 0 Å². The highest BCUT2D eigenvalue weighted by Crippen LogP contribution is 2.41. The minimum absolute atomic E-state index is 0.140. The van der Waals surface area contributed by atoms with Gasteiger partial charge in [0.1, 0.15) is 11.8 Å². The topological polar surface area (TPSA) is 86.6 Å². The Morgan fingerprint density at radius 3 is 2.37 bits per heavy atom. The van der Waals surface area contributed by atoms with Crippen LogP contribution in [-0.4, -0.2) is 28.1 Å². The molecule has 1 fully saturated rings. The number of phenolic OH excluding ortho intramolecular Hbond substituents is 1. The van der Waals surface area contributed by atoms with Crippen LogP contribution in [-0.2, 0) is 21.4 Å². The van der Waals surface area contributed by atoms with E-state index < -0.39 is 17.4 Å². The number of nitrogens with one attached hydrogen (secondary N) is 1. The van der Waals surface area contributed by atoms with Crippen LogP contribution in [0.25, 0.3) is 0 Å². The Hall–Kier alpha value is -2.82. The van der Waals surface area contributed by atoms with E-state index in [1.807, 2.05) is 37.3 Å². The first kappa shape index (κ1) is 19.0. The molecule has 1 saturated carbocycles. The smallest absolute Gasteiger partial charge is 0.326 e. The molecular formula is C22H25NO4. The van der Waals surface area contributed by atoms with Gasteiger partial charge in [-0.1, -0.05) is 49.2 Å². The molecule has 1 atom stereocenters. The number of amides is 1. The Morgan fingerprint density at radius 1 is 1.11 bits per heavy atom. The number of aromatic hydroxyl groups is 1. The second kappa shape index (κ2) is 7.82. The molecule has 27 heavy (non-hydrogen) atoms. The van der Waals surface area contributed by atoms with Crippen molar-refractivity contribution in [2.45, 2.75) is 50.5 Å². The van der Waals surface area contributed by atoms with Crippen LogP contribution in [0.15, 0.2) is 48.5 Å². The van der Waals surface area contributed by atoms with Gasteiger partial charge in [-0.15, -0.1) is 0 Å². The summed E-state index contributed by atoms with van der Waals surface area (Å²) in [5, 5.41) is 22.0. The average molecular weight is 367 g/mol. The van der Waals surface area contributed by atoms with E-state index in [4.69, 9.17) is 0 Å². The number of phenols is 1. The van der Waals surface area contributed by atoms with Gasteiger partial charge in [-0.25, -0.2) is 4.79 Å².